The number of fused-ring (bicyclic) bond motifs is 1. The quantitative estimate of drug-likeness (QED) is 0.492. The number of aliphatic hydroxyl groups is 1. The van der Waals surface area contributed by atoms with Gasteiger partial charge in [-0.15, -0.1) is 0 Å². The van der Waals surface area contributed by atoms with Crippen LogP contribution in [-0.4, -0.2) is 36.3 Å². The van der Waals surface area contributed by atoms with Gasteiger partial charge in [0.2, 0.25) is 5.91 Å². The Bertz CT molecular complexity index is 1240. The fourth-order valence-corrected chi connectivity index (χ4v) is 4.65. The summed E-state index contributed by atoms with van der Waals surface area (Å²) in [5.74, 6) is -0.189. The fourth-order valence-electron chi connectivity index (χ4n) is 4.65. The number of piperidine rings is 1. The van der Waals surface area contributed by atoms with Gasteiger partial charge in [-0.25, -0.2) is 8.78 Å². The smallest absolute Gasteiger partial charge is 0.224 e. The Morgan fingerprint density at radius 3 is 2.47 bits per heavy atom. The first-order chi connectivity index (χ1) is 17.4. The minimum atomic E-state index is -1.09. The van der Waals surface area contributed by atoms with Crippen molar-refractivity contribution in [2.45, 2.75) is 37.9 Å². The fraction of sp³-hybridized carbons (Fsp3) is 0.321. The highest BCUT2D eigenvalue weighted by Gasteiger charge is 2.34. The third-order valence-corrected chi connectivity index (χ3v) is 6.78. The molecule has 8 heteroatoms. The van der Waals surface area contributed by atoms with E-state index in [-0.39, 0.29) is 30.4 Å². The van der Waals surface area contributed by atoms with Crippen LogP contribution in [0.5, 0.6) is 11.5 Å². The van der Waals surface area contributed by atoms with Crippen LogP contribution in [0.2, 0.25) is 0 Å². The Balaban J connectivity index is 1.17. The molecule has 0 saturated carbocycles. The van der Waals surface area contributed by atoms with Crippen molar-refractivity contribution in [3.8, 4) is 11.5 Å². The van der Waals surface area contributed by atoms with Crippen molar-refractivity contribution < 1.29 is 28.2 Å². The number of nitrogens with one attached hydrogen (secondary N) is 1. The van der Waals surface area contributed by atoms with Crippen LogP contribution in [0.1, 0.15) is 30.4 Å². The van der Waals surface area contributed by atoms with Crippen LogP contribution in [0.25, 0.3) is 0 Å². The molecule has 0 bridgehead atoms. The van der Waals surface area contributed by atoms with E-state index in [2.05, 4.69) is 5.32 Å². The molecule has 36 heavy (non-hydrogen) atoms. The molecule has 1 saturated heterocycles. The number of amides is 1. The predicted molar refractivity (Wildman–Crippen MR) is 132 cm³/mol. The molecule has 2 aliphatic heterocycles. The van der Waals surface area contributed by atoms with E-state index in [1.807, 2.05) is 35.2 Å². The zero-order valence-corrected chi connectivity index (χ0v) is 19.8. The monoisotopic (exact) mass is 494 g/mol. The van der Waals surface area contributed by atoms with Gasteiger partial charge in [-0.3, -0.25) is 4.79 Å². The third-order valence-electron chi connectivity index (χ3n) is 6.78. The summed E-state index contributed by atoms with van der Waals surface area (Å²) in [5, 5.41) is 13.6. The maximum Gasteiger partial charge on any atom is 0.224 e. The molecule has 3 aromatic rings. The Hall–Kier alpha value is -3.65. The standard InChI is InChI=1S/C28H28F2N2O4/c29-22-8-10-25(21-7-11-26(33)31-27(21)22)36-18-28(34)12-14-32(15-13-28)24-9-6-20(16-23(24)30)35-17-19-4-2-1-3-5-19/h1-6,8-10,16,34H,7,11-15,17-18H2,(H,31,33). The molecule has 0 atom stereocenters. The van der Waals surface area contributed by atoms with Crippen molar-refractivity contribution in [2.75, 3.05) is 29.9 Å². The molecule has 0 aliphatic carbocycles. The van der Waals surface area contributed by atoms with E-state index in [9.17, 15) is 18.7 Å². The first-order valence-corrected chi connectivity index (χ1v) is 12.1. The summed E-state index contributed by atoms with van der Waals surface area (Å²) in [6.45, 7) is 1.30. The largest absolute Gasteiger partial charge is 0.490 e. The topological polar surface area (TPSA) is 71.0 Å². The second kappa shape index (κ2) is 10.1. The molecular formula is C28H28F2N2O4. The number of benzene rings is 3. The van der Waals surface area contributed by atoms with Gasteiger partial charge in [0.25, 0.3) is 0 Å². The van der Waals surface area contributed by atoms with E-state index in [1.54, 1.807) is 12.1 Å². The van der Waals surface area contributed by atoms with Gasteiger partial charge in [0, 0.05) is 31.1 Å². The molecule has 2 aliphatic rings. The number of ether oxygens (including phenoxy) is 2. The number of hydrogen-bond acceptors (Lipinski definition) is 5. The van der Waals surface area contributed by atoms with E-state index in [4.69, 9.17) is 9.47 Å². The van der Waals surface area contributed by atoms with Crippen LogP contribution in [0.15, 0.2) is 60.7 Å². The lowest BCUT2D eigenvalue weighted by atomic mass is 9.92. The number of carbonyl (C=O) groups excluding carboxylic acids is 1. The lowest BCUT2D eigenvalue weighted by Crippen LogP contribution is -2.48. The Labute approximate surface area is 208 Å². The summed E-state index contributed by atoms with van der Waals surface area (Å²) in [4.78, 5) is 13.5. The summed E-state index contributed by atoms with van der Waals surface area (Å²) in [7, 11) is 0. The van der Waals surface area contributed by atoms with E-state index in [1.165, 1.54) is 18.2 Å². The lowest BCUT2D eigenvalue weighted by molar-refractivity contribution is -0.116. The number of carbonyl (C=O) groups is 1. The van der Waals surface area contributed by atoms with Crippen LogP contribution in [0, 0.1) is 11.6 Å². The average Bonchev–Trinajstić information content (AvgIpc) is 2.89. The summed E-state index contributed by atoms with van der Waals surface area (Å²) in [5.41, 5.74) is 1.13. The molecule has 3 aromatic carbocycles. The molecular weight excluding hydrogens is 466 g/mol. The highest BCUT2D eigenvalue weighted by atomic mass is 19.1. The van der Waals surface area contributed by atoms with Crippen LogP contribution in [0.4, 0.5) is 20.2 Å². The van der Waals surface area contributed by atoms with Crippen molar-refractivity contribution in [3.63, 3.8) is 0 Å². The lowest BCUT2D eigenvalue weighted by Gasteiger charge is -2.39. The second-order valence-electron chi connectivity index (χ2n) is 9.33. The summed E-state index contributed by atoms with van der Waals surface area (Å²) < 4.78 is 40.6. The number of anilines is 2. The number of halogens is 2. The Morgan fingerprint density at radius 1 is 0.944 bits per heavy atom. The zero-order chi connectivity index (χ0) is 25.1. The van der Waals surface area contributed by atoms with Gasteiger partial charge < -0.3 is 24.8 Å². The van der Waals surface area contributed by atoms with E-state index in [0.29, 0.717) is 61.7 Å². The molecule has 0 spiro atoms. The number of hydrogen-bond donors (Lipinski definition) is 2. The molecule has 1 amide bonds. The van der Waals surface area contributed by atoms with Gasteiger partial charge in [0.15, 0.2) is 0 Å². The zero-order valence-electron chi connectivity index (χ0n) is 19.8. The van der Waals surface area contributed by atoms with Crippen LogP contribution in [-0.2, 0) is 17.8 Å². The SMILES string of the molecule is O=C1CCc2c(OCC3(O)CCN(c4ccc(OCc5ccccc5)cc4F)CC3)ccc(F)c2N1. The minimum Gasteiger partial charge on any atom is -0.490 e. The third kappa shape index (κ3) is 5.28. The van der Waals surface area contributed by atoms with Gasteiger partial charge in [-0.1, -0.05) is 30.3 Å². The van der Waals surface area contributed by atoms with Crippen LogP contribution < -0.4 is 19.7 Å². The van der Waals surface area contributed by atoms with Gasteiger partial charge >= 0.3 is 0 Å². The van der Waals surface area contributed by atoms with Gasteiger partial charge in [-0.05, 0) is 49.1 Å². The number of nitrogens with zero attached hydrogens (tertiary/aromatic N) is 1. The van der Waals surface area contributed by atoms with Crippen molar-refractivity contribution in [1.29, 1.82) is 0 Å². The number of rotatable bonds is 7. The Kier molecular flexibility index (Phi) is 6.78. The van der Waals surface area contributed by atoms with Crippen molar-refractivity contribution in [2.24, 2.45) is 0 Å². The average molecular weight is 495 g/mol. The normalized spacial score (nSPS) is 16.8. The molecule has 6 nitrogen and oxygen atoms in total. The summed E-state index contributed by atoms with van der Waals surface area (Å²) >= 11 is 0. The molecule has 2 N–H and O–H groups in total. The molecule has 0 aromatic heterocycles. The van der Waals surface area contributed by atoms with E-state index in [0.717, 1.165) is 5.56 Å². The predicted octanol–water partition coefficient (Wildman–Crippen LogP) is 4.84. The molecule has 2 heterocycles. The maximum absolute atomic E-state index is 14.9. The van der Waals surface area contributed by atoms with Crippen LogP contribution in [0.3, 0.4) is 0 Å². The van der Waals surface area contributed by atoms with Gasteiger partial charge in [0.05, 0.1) is 11.4 Å². The van der Waals surface area contributed by atoms with Crippen LogP contribution >= 0.6 is 0 Å². The summed E-state index contributed by atoms with van der Waals surface area (Å²) in [6.07, 6.45) is 1.41. The highest BCUT2D eigenvalue weighted by Crippen LogP contribution is 2.35. The molecule has 1 fully saturated rings. The maximum atomic E-state index is 14.9. The molecule has 0 radical (unpaired) electrons. The van der Waals surface area contributed by atoms with Gasteiger partial charge in [0.1, 0.15) is 41.9 Å². The molecule has 188 valence electrons. The van der Waals surface area contributed by atoms with E-state index >= 15 is 0 Å². The Morgan fingerprint density at radius 2 is 1.72 bits per heavy atom. The second-order valence-corrected chi connectivity index (χ2v) is 9.33. The molecule has 5 rings (SSSR count). The minimum absolute atomic E-state index is 0.0294. The van der Waals surface area contributed by atoms with Crippen molar-refractivity contribution in [1.82, 2.24) is 0 Å². The molecule has 0 unspecified atom stereocenters. The first kappa shape index (κ1) is 24.1. The highest BCUT2D eigenvalue weighted by molar-refractivity contribution is 5.94. The van der Waals surface area contributed by atoms with E-state index < -0.39 is 11.4 Å². The van der Waals surface area contributed by atoms with Crippen molar-refractivity contribution >= 4 is 17.3 Å². The van der Waals surface area contributed by atoms with Crippen molar-refractivity contribution in [3.05, 3.63) is 83.4 Å². The van der Waals surface area contributed by atoms with Gasteiger partial charge in [-0.2, -0.15) is 0 Å². The summed E-state index contributed by atoms with van der Waals surface area (Å²) in [6, 6.07) is 17.3. The first-order valence-electron chi connectivity index (χ1n) is 12.1.